The lowest BCUT2D eigenvalue weighted by molar-refractivity contribution is 0.279. The van der Waals surface area contributed by atoms with Crippen molar-refractivity contribution >= 4 is 0 Å². The van der Waals surface area contributed by atoms with Gasteiger partial charge >= 0.3 is 0 Å². The molecule has 0 aliphatic carbocycles. The molecule has 2 aromatic carbocycles. The molecule has 0 amide bonds. The highest BCUT2D eigenvalue weighted by Gasteiger charge is 2.07. The van der Waals surface area contributed by atoms with Crippen LogP contribution in [0.3, 0.4) is 0 Å². The second-order valence-corrected chi connectivity index (χ2v) is 4.83. The van der Waals surface area contributed by atoms with Gasteiger partial charge in [0.05, 0.1) is 13.2 Å². The molecule has 1 aromatic heterocycles. The van der Waals surface area contributed by atoms with Gasteiger partial charge in [-0.3, -0.25) is 0 Å². The molecule has 0 unspecified atom stereocenters. The second-order valence-electron chi connectivity index (χ2n) is 4.83. The first-order valence-corrected chi connectivity index (χ1v) is 6.97. The number of aliphatic hydroxyl groups is 1. The van der Waals surface area contributed by atoms with Gasteiger partial charge in [0.25, 0.3) is 0 Å². The van der Waals surface area contributed by atoms with Crippen LogP contribution in [0.15, 0.2) is 54.6 Å². The van der Waals surface area contributed by atoms with Crippen LogP contribution in [-0.2, 0) is 19.8 Å². The smallest absolute Gasteiger partial charge is 0.189 e. The third-order valence-corrected chi connectivity index (χ3v) is 3.26. The molecule has 0 radical (unpaired) electrons. The molecule has 3 rings (SSSR count). The summed E-state index contributed by atoms with van der Waals surface area (Å²) in [6.45, 7) is 0.921. The fraction of sp³-hybridized carbons (Fsp3) is 0.188. The van der Waals surface area contributed by atoms with E-state index in [9.17, 15) is 0 Å². The maximum Gasteiger partial charge on any atom is 0.189 e. The number of benzene rings is 2. The third-order valence-electron chi connectivity index (χ3n) is 3.26. The first-order chi connectivity index (χ1) is 10.8. The van der Waals surface area contributed by atoms with Crippen LogP contribution in [0.1, 0.15) is 17.0 Å². The quantitative estimate of drug-likeness (QED) is 0.751. The number of tetrazole rings is 1. The Morgan fingerprint density at radius 2 is 1.73 bits per heavy atom. The number of aromatic nitrogens is 4. The molecule has 0 aliphatic rings. The van der Waals surface area contributed by atoms with Gasteiger partial charge in [0.2, 0.25) is 0 Å². The van der Waals surface area contributed by atoms with E-state index in [-0.39, 0.29) is 13.2 Å². The standard InChI is InChI=1S/C16H16N4O2/c21-11-14-6-8-15(9-7-14)22-12-16-17-18-19-20(16)10-13-4-2-1-3-5-13/h1-9,21H,10-12H2. The normalized spacial score (nSPS) is 10.6. The van der Waals surface area contributed by atoms with Crippen molar-refractivity contribution in [3.8, 4) is 5.75 Å². The molecule has 0 spiro atoms. The maximum atomic E-state index is 9.01. The fourth-order valence-corrected chi connectivity index (χ4v) is 2.04. The Morgan fingerprint density at radius 1 is 0.955 bits per heavy atom. The van der Waals surface area contributed by atoms with E-state index in [1.54, 1.807) is 4.68 Å². The van der Waals surface area contributed by atoms with Crippen LogP contribution in [-0.4, -0.2) is 25.3 Å². The second kappa shape index (κ2) is 6.82. The molecule has 0 fully saturated rings. The highest BCUT2D eigenvalue weighted by molar-refractivity contribution is 5.26. The van der Waals surface area contributed by atoms with Gasteiger partial charge in [-0.1, -0.05) is 42.5 Å². The van der Waals surface area contributed by atoms with Gasteiger partial charge in [-0.2, -0.15) is 0 Å². The summed E-state index contributed by atoms with van der Waals surface area (Å²) >= 11 is 0. The van der Waals surface area contributed by atoms with Crippen LogP contribution in [0.5, 0.6) is 5.75 Å². The van der Waals surface area contributed by atoms with E-state index in [4.69, 9.17) is 9.84 Å². The summed E-state index contributed by atoms with van der Waals surface area (Å²) in [4.78, 5) is 0. The minimum atomic E-state index is 0.0234. The monoisotopic (exact) mass is 296 g/mol. The van der Waals surface area contributed by atoms with E-state index in [1.807, 2.05) is 54.6 Å². The topological polar surface area (TPSA) is 73.1 Å². The molecule has 0 bridgehead atoms. The molecule has 6 nitrogen and oxygen atoms in total. The van der Waals surface area contributed by atoms with Crippen LogP contribution in [0.4, 0.5) is 0 Å². The number of ether oxygens (including phenoxy) is 1. The lowest BCUT2D eigenvalue weighted by Crippen LogP contribution is -2.09. The molecule has 22 heavy (non-hydrogen) atoms. The van der Waals surface area contributed by atoms with Gasteiger partial charge in [-0.15, -0.1) is 5.10 Å². The molecular weight excluding hydrogens is 280 g/mol. The molecule has 0 aliphatic heterocycles. The molecule has 3 aromatic rings. The van der Waals surface area contributed by atoms with Crippen LogP contribution in [0.25, 0.3) is 0 Å². The predicted molar refractivity (Wildman–Crippen MR) is 80.1 cm³/mol. The average molecular weight is 296 g/mol. The number of hydrogen-bond donors (Lipinski definition) is 1. The summed E-state index contributed by atoms with van der Waals surface area (Å²) in [5, 5.41) is 20.7. The molecular formula is C16H16N4O2. The van der Waals surface area contributed by atoms with Crippen molar-refractivity contribution < 1.29 is 9.84 Å². The molecule has 1 heterocycles. The lowest BCUT2D eigenvalue weighted by Gasteiger charge is -2.07. The number of hydrogen-bond acceptors (Lipinski definition) is 5. The predicted octanol–water partition coefficient (Wildman–Crippen LogP) is 1.79. The highest BCUT2D eigenvalue weighted by atomic mass is 16.5. The first kappa shape index (κ1) is 14.2. The molecule has 112 valence electrons. The summed E-state index contributed by atoms with van der Waals surface area (Å²) in [7, 11) is 0. The minimum absolute atomic E-state index is 0.0234. The molecule has 6 heteroatoms. The van der Waals surface area contributed by atoms with Crippen LogP contribution in [0.2, 0.25) is 0 Å². The van der Waals surface area contributed by atoms with Crippen molar-refractivity contribution in [1.82, 2.24) is 20.2 Å². The molecule has 0 saturated carbocycles. The zero-order valence-corrected chi connectivity index (χ0v) is 12.0. The van der Waals surface area contributed by atoms with Gasteiger partial charge in [0, 0.05) is 0 Å². The largest absolute Gasteiger partial charge is 0.486 e. The Balaban J connectivity index is 1.64. The van der Waals surface area contributed by atoms with Crippen LogP contribution >= 0.6 is 0 Å². The van der Waals surface area contributed by atoms with E-state index in [0.29, 0.717) is 18.1 Å². The van der Waals surface area contributed by atoms with E-state index in [2.05, 4.69) is 15.5 Å². The van der Waals surface area contributed by atoms with Crippen molar-refractivity contribution in [2.45, 2.75) is 19.8 Å². The Kier molecular flexibility index (Phi) is 4.41. The van der Waals surface area contributed by atoms with E-state index < -0.39 is 0 Å². The molecule has 0 saturated heterocycles. The zero-order chi connectivity index (χ0) is 15.2. The van der Waals surface area contributed by atoms with Gasteiger partial charge < -0.3 is 9.84 Å². The van der Waals surface area contributed by atoms with E-state index in [0.717, 1.165) is 11.1 Å². The van der Waals surface area contributed by atoms with E-state index in [1.165, 1.54) is 0 Å². The maximum absolute atomic E-state index is 9.01. The Morgan fingerprint density at radius 3 is 2.45 bits per heavy atom. The summed E-state index contributed by atoms with van der Waals surface area (Å²) in [5.74, 6) is 1.38. The first-order valence-electron chi connectivity index (χ1n) is 6.97. The number of nitrogens with zero attached hydrogens (tertiary/aromatic N) is 4. The highest BCUT2D eigenvalue weighted by Crippen LogP contribution is 2.13. The van der Waals surface area contributed by atoms with Crippen molar-refractivity contribution in [2.24, 2.45) is 0 Å². The van der Waals surface area contributed by atoms with Crippen molar-refractivity contribution in [1.29, 1.82) is 0 Å². The summed E-state index contributed by atoms with van der Waals surface area (Å²) in [6.07, 6.45) is 0. The van der Waals surface area contributed by atoms with Gasteiger partial charge in [0.1, 0.15) is 12.4 Å². The Labute approximate surface area is 128 Å². The van der Waals surface area contributed by atoms with Crippen LogP contribution in [0, 0.1) is 0 Å². The SMILES string of the molecule is OCc1ccc(OCc2nnnn2Cc2ccccc2)cc1. The van der Waals surface area contributed by atoms with E-state index >= 15 is 0 Å². The minimum Gasteiger partial charge on any atom is -0.486 e. The number of aliphatic hydroxyl groups excluding tert-OH is 1. The lowest BCUT2D eigenvalue weighted by atomic mass is 10.2. The fourth-order valence-electron chi connectivity index (χ4n) is 2.04. The molecule has 0 atom stereocenters. The third kappa shape index (κ3) is 3.48. The molecule has 1 N–H and O–H groups in total. The zero-order valence-electron chi connectivity index (χ0n) is 12.0. The summed E-state index contributed by atoms with van der Waals surface area (Å²) < 4.78 is 7.40. The summed E-state index contributed by atoms with van der Waals surface area (Å²) in [6, 6.07) is 17.3. The van der Waals surface area contributed by atoms with Crippen LogP contribution < -0.4 is 4.74 Å². The van der Waals surface area contributed by atoms with Crippen molar-refractivity contribution in [3.63, 3.8) is 0 Å². The van der Waals surface area contributed by atoms with Gasteiger partial charge in [0.15, 0.2) is 5.82 Å². The number of rotatable bonds is 6. The summed E-state index contributed by atoms with van der Waals surface area (Å²) in [5.41, 5.74) is 1.98. The Hall–Kier alpha value is -2.73. The van der Waals surface area contributed by atoms with Crippen molar-refractivity contribution in [2.75, 3.05) is 0 Å². The van der Waals surface area contributed by atoms with Gasteiger partial charge in [-0.25, -0.2) is 4.68 Å². The van der Waals surface area contributed by atoms with Gasteiger partial charge in [-0.05, 0) is 33.7 Å². The average Bonchev–Trinajstić information content (AvgIpc) is 3.01. The van der Waals surface area contributed by atoms with Crippen molar-refractivity contribution in [3.05, 3.63) is 71.5 Å². The Bertz CT molecular complexity index is 711.